The molecular weight excluding hydrogens is 136 g/mol. The molecule has 0 fully saturated rings. The second kappa shape index (κ2) is 3.96. The Morgan fingerprint density at radius 2 is 2.64 bits per heavy atom. The number of hydrogen-bond donors (Lipinski definition) is 1. The summed E-state index contributed by atoms with van der Waals surface area (Å²) in [6.07, 6.45) is 6.01. The molecule has 1 aliphatic heterocycles. The number of hydrogen-bond acceptors (Lipinski definition) is 2. The van der Waals surface area contributed by atoms with Gasteiger partial charge in [0.2, 0.25) is 0 Å². The summed E-state index contributed by atoms with van der Waals surface area (Å²) >= 11 is 0. The Morgan fingerprint density at radius 3 is 3.18 bits per heavy atom. The van der Waals surface area contributed by atoms with E-state index in [1.807, 2.05) is 6.21 Å². The van der Waals surface area contributed by atoms with Gasteiger partial charge in [-0.15, -0.1) is 0 Å². The van der Waals surface area contributed by atoms with E-state index in [4.69, 9.17) is 0 Å². The largest absolute Gasteiger partial charge is 0.383 e. The third-order valence-corrected chi connectivity index (χ3v) is 1.66. The highest BCUT2D eigenvalue weighted by atomic mass is 14.9. The molecule has 11 heavy (non-hydrogen) atoms. The van der Waals surface area contributed by atoms with Crippen LogP contribution in [0.2, 0.25) is 0 Å². The van der Waals surface area contributed by atoms with Crippen LogP contribution < -0.4 is 5.32 Å². The average Bonchev–Trinajstić information content (AvgIpc) is 2.52. The van der Waals surface area contributed by atoms with E-state index in [0.717, 1.165) is 30.8 Å². The van der Waals surface area contributed by atoms with Gasteiger partial charge < -0.3 is 5.32 Å². The number of nitrogens with one attached hydrogen (secondary N) is 1. The molecule has 1 aliphatic rings. The van der Waals surface area contributed by atoms with Gasteiger partial charge in [-0.05, 0) is 6.42 Å². The van der Waals surface area contributed by atoms with Crippen molar-refractivity contribution in [1.29, 1.82) is 0 Å². The first kappa shape index (κ1) is 8.05. The highest BCUT2D eigenvalue weighted by molar-refractivity contribution is 5.64. The van der Waals surface area contributed by atoms with Gasteiger partial charge in [0.25, 0.3) is 0 Å². The molecular formula is C9H14N2. The van der Waals surface area contributed by atoms with Crippen LogP contribution in [0.5, 0.6) is 0 Å². The molecule has 1 rings (SSSR count). The SMILES string of the molecule is C=C(CC)NCC1=CCC=N1. The lowest BCUT2D eigenvalue weighted by atomic mass is 10.3. The summed E-state index contributed by atoms with van der Waals surface area (Å²) in [6, 6.07) is 0. The highest BCUT2D eigenvalue weighted by Gasteiger charge is 1.97. The van der Waals surface area contributed by atoms with Gasteiger partial charge >= 0.3 is 0 Å². The Kier molecular flexibility index (Phi) is 2.90. The van der Waals surface area contributed by atoms with Crippen LogP contribution in [-0.2, 0) is 0 Å². The van der Waals surface area contributed by atoms with Crippen molar-refractivity contribution in [2.24, 2.45) is 4.99 Å². The number of rotatable bonds is 4. The van der Waals surface area contributed by atoms with Crippen LogP contribution in [-0.4, -0.2) is 12.8 Å². The van der Waals surface area contributed by atoms with Gasteiger partial charge in [-0.2, -0.15) is 0 Å². The van der Waals surface area contributed by atoms with Gasteiger partial charge in [-0.3, -0.25) is 4.99 Å². The number of allylic oxidation sites excluding steroid dienone is 2. The minimum Gasteiger partial charge on any atom is -0.383 e. The third-order valence-electron chi connectivity index (χ3n) is 1.66. The van der Waals surface area contributed by atoms with Crippen molar-refractivity contribution in [2.75, 3.05) is 6.54 Å². The maximum atomic E-state index is 4.17. The first-order chi connectivity index (χ1) is 5.33. The summed E-state index contributed by atoms with van der Waals surface area (Å²) < 4.78 is 0. The molecule has 0 bridgehead atoms. The van der Waals surface area contributed by atoms with Gasteiger partial charge in [-0.1, -0.05) is 19.6 Å². The number of nitrogens with zero attached hydrogens (tertiary/aromatic N) is 1. The summed E-state index contributed by atoms with van der Waals surface area (Å²) in [7, 11) is 0. The van der Waals surface area contributed by atoms with E-state index in [-0.39, 0.29) is 0 Å². The fraction of sp³-hybridized carbons (Fsp3) is 0.444. The molecule has 0 aliphatic carbocycles. The molecule has 2 heteroatoms. The fourth-order valence-electron chi connectivity index (χ4n) is 0.870. The van der Waals surface area contributed by atoms with Crippen molar-refractivity contribution in [2.45, 2.75) is 19.8 Å². The van der Waals surface area contributed by atoms with Crippen molar-refractivity contribution in [1.82, 2.24) is 5.32 Å². The minimum absolute atomic E-state index is 0.823. The molecule has 2 nitrogen and oxygen atoms in total. The van der Waals surface area contributed by atoms with E-state index >= 15 is 0 Å². The van der Waals surface area contributed by atoms with Crippen LogP contribution in [0.3, 0.4) is 0 Å². The van der Waals surface area contributed by atoms with Crippen molar-refractivity contribution in [3.8, 4) is 0 Å². The van der Waals surface area contributed by atoms with Crippen LogP contribution in [0, 0.1) is 0 Å². The molecule has 0 atom stereocenters. The lowest BCUT2D eigenvalue weighted by Gasteiger charge is -2.05. The normalized spacial score (nSPS) is 14.8. The van der Waals surface area contributed by atoms with E-state index in [9.17, 15) is 0 Å². The lowest BCUT2D eigenvalue weighted by molar-refractivity contribution is 0.821. The Bertz CT molecular complexity index is 202. The minimum atomic E-state index is 0.823. The van der Waals surface area contributed by atoms with Crippen molar-refractivity contribution in [3.63, 3.8) is 0 Å². The lowest BCUT2D eigenvalue weighted by Crippen LogP contribution is -2.13. The fourth-order valence-corrected chi connectivity index (χ4v) is 0.870. The molecule has 0 amide bonds. The maximum Gasteiger partial charge on any atom is 0.0566 e. The monoisotopic (exact) mass is 150 g/mol. The topological polar surface area (TPSA) is 24.4 Å². The second-order valence-electron chi connectivity index (χ2n) is 2.55. The first-order valence-electron chi connectivity index (χ1n) is 3.96. The molecule has 1 heterocycles. The molecule has 0 saturated carbocycles. The van der Waals surface area contributed by atoms with Crippen LogP contribution in [0.4, 0.5) is 0 Å². The summed E-state index contributed by atoms with van der Waals surface area (Å²) in [4.78, 5) is 4.17. The molecule has 60 valence electrons. The average molecular weight is 150 g/mol. The van der Waals surface area contributed by atoms with Crippen LogP contribution in [0.1, 0.15) is 19.8 Å². The number of aliphatic imine (C=N–C) groups is 1. The predicted molar refractivity (Wildman–Crippen MR) is 48.6 cm³/mol. The van der Waals surface area contributed by atoms with Gasteiger partial charge in [-0.25, -0.2) is 0 Å². The van der Waals surface area contributed by atoms with Crippen molar-refractivity contribution in [3.05, 3.63) is 24.0 Å². The zero-order chi connectivity index (χ0) is 8.10. The molecule has 0 radical (unpaired) electrons. The zero-order valence-electron chi connectivity index (χ0n) is 6.93. The van der Waals surface area contributed by atoms with Crippen LogP contribution >= 0.6 is 0 Å². The first-order valence-corrected chi connectivity index (χ1v) is 3.96. The molecule has 0 aromatic heterocycles. The molecule has 0 aromatic carbocycles. The maximum absolute atomic E-state index is 4.17. The molecule has 0 aromatic rings. The Balaban J connectivity index is 2.22. The molecule has 1 N–H and O–H groups in total. The van der Waals surface area contributed by atoms with Gasteiger partial charge in [0.1, 0.15) is 0 Å². The van der Waals surface area contributed by atoms with E-state index in [2.05, 4.69) is 29.9 Å². The third kappa shape index (κ3) is 2.58. The summed E-state index contributed by atoms with van der Waals surface area (Å²) in [5.74, 6) is 0. The Hall–Kier alpha value is -1.05. The zero-order valence-corrected chi connectivity index (χ0v) is 6.93. The van der Waals surface area contributed by atoms with Gasteiger partial charge in [0.05, 0.1) is 12.2 Å². The Morgan fingerprint density at radius 1 is 1.82 bits per heavy atom. The second-order valence-corrected chi connectivity index (χ2v) is 2.55. The van der Waals surface area contributed by atoms with Crippen LogP contribution in [0.15, 0.2) is 29.0 Å². The van der Waals surface area contributed by atoms with Crippen molar-refractivity contribution < 1.29 is 0 Å². The van der Waals surface area contributed by atoms with E-state index < -0.39 is 0 Å². The summed E-state index contributed by atoms with van der Waals surface area (Å²) in [6.45, 7) is 6.75. The van der Waals surface area contributed by atoms with E-state index in [1.54, 1.807) is 0 Å². The molecule has 0 spiro atoms. The quantitative estimate of drug-likeness (QED) is 0.650. The Labute approximate surface area is 67.7 Å². The highest BCUT2D eigenvalue weighted by Crippen LogP contribution is 2.04. The van der Waals surface area contributed by atoms with E-state index in [1.165, 1.54) is 0 Å². The molecule has 0 unspecified atom stereocenters. The summed E-state index contributed by atoms with van der Waals surface area (Å²) in [5.41, 5.74) is 2.20. The van der Waals surface area contributed by atoms with Gasteiger partial charge in [0.15, 0.2) is 0 Å². The smallest absolute Gasteiger partial charge is 0.0566 e. The van der Waals surface area contributed by atoms with Crippen molar-refractivity contribution >= 4 is 6.21 Å². The summed E-state index contributed by atoms with van der Waals surface area (Å²) in [5, 5.41) is 3.20. The van der Waals surface area contributed by atoms with Crippen LogP contribution in [0.25, 0.3) is 0 Å². The standard InChI is InChI=1S/C9H14N2/c1-3-8(2)11-7-9-5-4-6-10-9/h5-6,11H,2-4,7H2,1H3. The molecule has 0 saturated heterocycles. The van der Waals surface area contributed by atoms with Gasteiger partial charge in [0, 0.05) is 18.3 Å². The van der Waals surface area contributed by atoms with E-state index in [0.29, 0.717) is 0 Å². The predicted octanol–water partition coefficient (Wildman–Crippen LogP) is 1.86.